The highest BCUT2D eigenvalue weighted by Crippen LogP contribution is 2.06. The van der Waals surface area contributed by atoms with Gasteiger partial charge in [0.1, 0.15) is 5.82 Å². The Bertz CT molecular complexity index is 485. The summed E-state index contributed by atoms with van der Waals surface area (Å²) in [5, 5.41) is 1.41. The number of hydrogen-bond donors (Lipinski definition) is 1. The van der Waals surface area contributed by atoms with Crippen molar-refractivity contribution in [3.63, 3.8) is 0 Å². The van der Waals surface area contributed by atoms with Gasteiger partial charge in [0, 0.05) is 18.8 Å². The van der Waals surface area contributed by atoms with Gasteiger partial charge in [-0.15, -0.1) is 0 Å². The van der Waals surface area contributed by atoms with Crippen molar-refractivity contribution in [1.82, 2.24) is 9.99 Å². The molecule has 0 aliphatic rings. The maximum absolute atomic E-state index is 12.0. The summed E-state index contributed by atoms with van der Waals surface area (Å²) in [7, 11) is 1.67. The van der Waals surface area contributed by atoms with Crippen LogP contribution in [-0.2, 0) is 0 Å². The van der Waals surface area contributed by atoms with E-state index in [1.807, 2.05) is 30.3 Å². The molecule has 0 bridgehead atoms. The van der Waals surface area contributed by atoms with E-state index in [9.17, 15) is 4.79 Å². The summed E-state index contributed by atoms with van der Waals surface area (Å²) in [5.74, 6) is 0.538. The number of benzene rings is 1. The smallest absolute Gasteiger partial charge is 0.271 e. The number of nitrogens with one attached hydrogen (secondary N) is 1. The summed E-state index contributed by atoms with van der Waals surface area (Å²) in [4.78, 5) is 16.1. The van der Waals surface area contributed by atoms with Gasteiger partial charge in [0.15, 0.2) is 0 Å². The molecule has 0 unspecified atom stereocenters. The first kappa shape index (κ1) is 11.1. The Morgan fingerprint density at radius 3 is 2.47 bits per heavy atom. The minimum absolute atomic E-state index is 0.101. The number of aromatic nitrogens is 1. The molecule has 4 heteroatoms. The van der Waals surface area contributed by atoms with Crippen molar-refractivity contribution in [3.05, 3.63) is 60.3 Å². The molecule has 86 valence electrons. The number of carbonyl (C=O) groups excluding carboxylic acids is 1. The lowest BCUT2D eigenvalue weighted by Gasteiger charge is -2.18. The van der Waals surface area contributed by atoms with E-state index >= 15 is 0 Å². The lowest BCUT2D eigenvalue weighted by molar-refractivity contribution is 0.0825. The fraction of sp³-hybridized carbons (Fsp3) is 0.0769. The largest absolute Gasteiger partial charge is 0.279 e. The van der Waals surface area contributed by atoms with E-state index in [-0.39, 0.29) is 5.91 Å². The number of hydrazine groups is 1. The van der Waals surface area contributed by atoms with Gasteiger partial charge in [-0.2, -0.15) is 0 Å². The predicted octanol–water partition coefficient (Wildman–Crippen LogP) is 2.18. The number of carbonyl (C=O) groups is 1. The van der Waals surface area contributed by atoms with Crippen LogP contribution in [0.25, 0.3) is 0 Å². The van der Waals surface area contributed by atoms with Gasteiger partial charge in [0.05, 0.1) is 0 Å². The number of hydrogen-bond acceptors (Lipinski definition) is 3. The highest BCUT2D eigenvalue weighted by molar-refractivity contribution is 5.94. The Morgan fingerprint density at radius 1 is 1.12 bits per heavy atom. The molecule has 0 saturated carbocycles. The van der Waals surface area contributed by atoms with Gasteiger partial charge < -0.3 is 0 Å². The molecule has 1 heterocycles. The van der Waals surface area contributed by atoms with Crippen LogP contribution in [-0.4, -0.2) is 22.9 Å². The summed E-state index contributed by atoms with van der Waals surface area (Å²) >= 11 is 0. The van der Waals surface area contributed by atoms with E-state index in [0.717, 1.165) is 0 Å². The summed E-state index contributed by atoms with van der Waals surface area (Å²) in [5.41, 5.74) is 3.55. The molecule has 4 nitrogen and oxygen atoms in total. The topological polar surface area (TPSA) is 45.2 Å². The van der Waals surface area contributed by atoms with Crippen molar-refractivity contribution in [3.8, 4) is 0 Å². The van der Waals surface area contributed by atoms with Crippen LogP contribution in [0.4, 0.5) is 5.82 Å². The molecular formula is C13H13N3O. The molecule has 2 aromatic rings. The van der Waals surface area contributed by atoms with Gasteiger partial charge in [-0.05, 0) is 24.3 Å². The molecule has 1 aromatic carbocycles. The number of anilines is 1. The van der Waals surface area contributed by atoms with Crippen molar-refractivity contribution < 1.29 is 4.79 Å². The molecule has 1 amide bonds. The zero-order chi connectivity index (χ0) is 12.1. The van der Waals surface area contributed by atoms with Crippen LogP contribution < -0.4 is 5.43 Å². The molecule has 0 spiro atoms. The SMILES string of the molecule is CN(Nc1ccccn1)C(=O)c1ccccc1. The lowest BCUT2D eigenvalue weighted by Crippen LogP contribution is -2.32. The number of rotatable bonds is 3. The summed E-state index contributed by atoms with van der Waals surface area (Å²) in [6.45, 7) is 0. The highest BCUT2D eigenvalue weighted by Gasteiger charge is 2.10. The van der Waals surface area contributed by atoms with E-state index in [0.29, 0.717) is 11.4 Å². The molecule has 0 radical (unpaired) electrons. The van der Waals surface area contributed by atoms with Crippen LogP contribution in [0.1, 0.15) is 10.4 Å². The summed E-state index contributed by atoms with van der Waals surface area (Å²) < 4.78 is 0. The number of amides is 1. The lowest BCUT2D eigenvalue weighted by atomic mass is 10.2. The fourth-order valence-corrected chi connectivity index (χ4v) is 1.43. The van der Waals surface area contributed by atoms with Gasteiger partial charge in [0.2, 0.25) is 0 Å². The molecule has 0 atom stereocenters. The second-order valence-corrected chi connectivity index (χ2v) is 3.56. The van der Waals surface area contributed by atoms with Crippen LogP contribution in [0.15, 0.2) is 54.7 Å². The first-order valence-corrected chi connectivity index (χ1v) is 5.28. The molecular weight excluding hydrogens is 214 g/mol. The average molecular weight is 227 g/mol. The molecule has 1 aromatic heterocycles. The van der Waals surface area contributed by atoms with E-state index in [1.165, 1.54) is 5.01 Å². The van der Waals surface area contributed by atoms with E-state index < -0.39 is 0 Å². The second kappa shape index (κ2) is 5.12. The van der Waals surface area contributed by atoms with E-state index in [2.05, 4.69) is 10.4 Å². The van der Waals surface area contributed by atoms with E-state index in [1.54, 1.807) is 31.4 Å². The highest BCUT2D eigenvalue weighted by atomic mass is 16.2. The minimum atomic E-state index is -0.101. The van der Waals surface area contributed by atoms with Gasteiger partial charge in [-0.25, -0.2) is 4.98 Å². The zero-order valence-corrected chi connectivity index (χ0v) is 9.50. The van der Waals surface area contributed by atoms with Crippen LogP contribution >= 0.6 is 0 Å². The standard InChI is InChI=1S/C13H13N3O/c1-16(15-12-9-5-6-10-14-12)13(17)11-7-3-2-4-8-11/h2-10H,1H3,(H,14,15). The molecule has 17 heavy (non-hydrogen) atoms. The number of nitrogens with zero attached hydrogens (tertiary/aromatic N) is 2. The Balaban J connectivity index is 2.06. The maximum atomic E-state index is 12.0. The van der Waals surface area contributed by atoms with Crippen LogP contribution in [0.5, 0.6) is 0 Å². The second-order valence-electron chi connectivity index (χ2n) is 3.56. The number of pyridine rings is 1. The van der Waals surface area contributed by atoms with Crippen molar-refractivity contribution in [1.29, 1.82) is 0 Å². The van der Waals surface area contributed by atoms with E-state index in [4.69, 9.17) is 0 Å². The summed E-state index contributed by atoms with van der Waals surface area (Å²) in [6, 6.07) is 14.6. The van der Waals surface area contributed by atoms with Gasteiger partial charge >= 0.3 is 0 Å². The first-order valence-electron chi connectivity index (χ1n) is 5.28. The third-order valence-electron chi connectivity index (χ3n) is 2.27. The molecule has 0 aliphatic carbocycles. The third kappa shape index (κ3) is 2.81. The average Bonchev–Trinajstić information content (AvgIpc) is 2.40. The van der Waals surface area contributed by atoms with Gasteiger partial charge in [-0.3, -0.25) is 15.2 Å². The van der Waals surface area contributed by atoms with Crippen molar-refractivity contribution in [2.75, 3.05) is 12.5 Å². The maximum Gasteiger partial charge on any atom is 0.271 e. The molecule has 2 rings (SSSR count). The minimum Gasteiger partial charge on any atom is -0.279 e. The Morgan fingerprint density at radius 2 is 1.82 bits per heavy atom. The van der Waals surface area contributed by atoms with Crippen LogP contribution in [0.3, 0.4) is 0 Å². The molecule has 0 saturated heterocycles. The van der Waals surface area contributed by atoms with Crippen molar-refractivity contribution in [2.24, 2.45) is 0 Å². The van der Waals surface area contributed by atoms with Crippen LogP contribution in [0, 0.1) is 0 Å². The zero-order valence-electron chi connectivity index (χ0n) is 9.50. The van der Waals surface area contributed by atoms with Gasteiger partial charge in [-0.1, -0.05) is 24.3 Å². The third-order valence-corrected chi connectivity index (χ3v) is 2.27. The van der Waals surface area contributed by atoms with Gasteiger partial charge in [0.25, 0.3) is 5.91 Å². The Hall–Kier alpha value is -2.36. The monoisotopic (exact) mass is 227 g/mol. The van der Waals surface area contributed by atoms with Crippen molar-refractivity contribution >= 4 is 11.7 Å². The molecule has 1 N–H and O–H groups in total. The molecule has 0 fully saturated rings. The van der Waals surface area contributed by atoms with Crippen LogP contribution in [0.2, 0.25) is 0 Å². The first-order chi connectivity index (χ1) is 8.27. The predicted molar refractivity (Wildman–Crippen MR) is 66.4 cm³/mol. The summed E-state index contributed by atoms with van der Waals surface area (Å²) in [6.07, 6.45) is 1.67. The Kier molecular flexibility index (Phi) is 3.35. The quantitative estimate of drug-likeness (QED) is 0.817. The fourth-order valence-electron chi connectivity index (χ4n) is 1.43. The van der Waals surface area contributed by atoms with Crippen molar-refractivity contribution in [2.45, 2.75) is 0 Å². The normalized spacial score (nSPS) is 9.71. The Labute approximate surface area is 99.9 Å². The molecule has 0 aliphatic heterocycles.